The number of anilines is 2. The monoisotopic (exact) mass is 454 g/mol. The van der Waals surface area contributed by atoms with Gasteiger partial charge in [0, 0.05) is 42.8 Å². The van der Waals surface area contributed by atoms with Gasteiger partial charge in [-0.15, -0.1) is 10.2 Å². The van der Waals surface area contributed by atoms with E-state index in [1.54, 1.807) is 49.8 Å². The third-order valence-electron chi connectivity index (χ3n) is 4.80. The number of nitrogens with one attached hydrogen (secondary N) is 1. The molecule has 0 atom stereocenters. The average Bonchev–Trinajstić information content (AvgIpc) is 3.34. The van der Waals surface area contributed by atoms with Gasteiger partial charge in [-0.3, -0.25) is 14.8 Å². The number of pyridine rings is 2. The minimum atomic E-state index is -2.87. The van der Waals surface area contributed by atoms with Crippen LogP contribution in [0, 0.1) is 5.82 Å². The second-order valence-corrected chi connectivity index (χ2v) is 6.86. The predicted octanol–water partition coefficient (Wildman–Crippen LogP) is 4.48. The smallest absolute Gasteiger partial charge is 0.314 e. The fraction of sp³-hybridized carbons (Fsp3) is 0.136. The van der Waals surface area contributed by atoms with Gasteiger partial charge in [-0.2, -0.15) is 8.78 Å². The summed E-state index contributed by atoms with van der Waals surface area (Å²) in [7, 11) is 1.66. The lowest BCUT2D eigenvalue weighted by atomic mass is 10.0. The van der Waals surface area contributed by atoms with Gasteiger partial charge >= 0.3 is 6.43 Å². The van der Waals surface area contributed by atoms with Crippen LogP contribution in [0.1, 0.15) is 18.0 Å². The van der Waals surface area contributed by atoms with Gasteiger partial charge in [-0.1, -0.05) is 6.07 Å². The van der Waals surface area contributed by atoms with Crippen LogP contribution in [0.2, 0.25) is 0 Å². The third kappa shape index (κ3) is 4.66. The second kappa shape index (κ2) is 9.47. The van der Waals surface area contributed by atoms with Crippen molar-refractivity contribution in [3.05, 3.63) is 72.4 Å². The number of nitrogens with zero attached hydrogens (tertiary/aromatic N) is 5. The summed E-state index contributed by atoms with van der Waals surface area (Å²) >= 11 is 0. The van der Waals surface area contributed by atoms with E-state index >= 15 is 0 Å². The number of hydrogen-bond donors (Lipinski definition) is 1. The number of amides is 1. The summed E-state index contributed by atoms with van der Waals surface area (Å²) in [6.07, 6.45) is 2.21. The maximum atomic E-state index is 14.9. The van der Waals surface area contributed by atoms with Crippen LogP contribution in [0.5, 0.6) is 0 Å². The topological polar surface area (TPSA) is 97.0 Å². The zero-order chi connectivity index (χ0) is 23.4. The van der Waals surface area contributed by atoms with Crippen molar-refractivity contribution in [2.45, 2.75) is 13.0 Å². The first-order valence-electron chi connectivity index (χ1n) is 9.70. The molecular weight excluding hydrogens is 437 g/mol. The van der Waals surface area contributed by atoms with Crippen LogP contribution in [0.3, 0.4) is 0 Å². The predicted molar refractivity (Wildman–Crippen MR) is 114 cm³/mol. The molecule has 3 heterocycles. The lowest BCUT2D eigenvalue weighted by molar-refractivity contribution is -0.107. The quantitative estimate of drug-likeness (QED) is 0.392. The Morgan fingerprint density at radius 1 is 1.15 bits per heavy atom. The van der Waals surface area contributed by atoms with E-state index in [4.69, 9.17) is 4.42 Å². The van der Waals surface area contributed by atoms with Crippen molar-refractivity contribution in [2.75, 3.05) is 17.3 Å². The molecule has 3 aromatic heterocycles. The molecule has 0 saturated carbocycles. The van der Waals surface area contributed by atoms with Crippen molar-refractivity contribution < 1.29 is 22.4 Å². The van der Waals surface area contributed by atoms with Gasteiger partial charge in [0.15, 0.2) is 0 Å². The Bertz CT molecular complexity index is 1250. The number of alkyl halides is 2. The number of benzene rings is 1. The highest BCUT2D eigenvalue weighted by Crippen LogP contribution is 2.34. The van der Waals surface area contributed by atoms with E-state index < -0.39 is 18.1 Å². The molecular formula is C22H17F3N6O2. The molecule has 0 aliphatic carbocycles. The van der Waals surface area contributed by atoms with E-state index in [0.29, 0.717) is 40.2 Å². The Balaban J connectivity index is 1.58. The Morgan fingerprint density at radius 2 is 2.00 bits per heavy atom. The molecule has 0 fully saturated rings. The number of carbonyl (C=O) groups excluding carboxylic acids is 1. The van der Waals surface area contributed by atoms with E-state index in [2.05, 4.69) is 25.5 Å². The fourth-order valence-corrected chi connectivity index (χ4v) is 3.18. The molecule has 4 rings (SSSR count). The third-order valence-corrected chi connectivity index (χ3v) is 4.80. The van der Waals surface area contributed by atoms with E-state index in [1.807, 2.05) is 0 Å². The molecule has 0 saturated heterocycles. The molecule has 0 radical (unpaired) electrons. The lowest BCUT2D eigenvalue weighted by Crippen LogP contribution is -2.22. The molecule has 8 nitrogen and oxygen atoms in total. The number of carbonyl (C=O) groups is 1. The molecule has 0 bridgehead atoms. The Kier molecular flexibility index (Phi) is 6.29. The highest BCUT2D eigenvalue weighted by molar-refractivity contribution is 5.86. The van der Waals surface area contributed by atoms with Crippen LogP contribution in [0.4, 0.5) is 24.5 Å². The summed E-state index contributed by atoms with van der Waals surface area (Å²) in [6.45, 7) is 0.0380. The van der Waals surface area contributed by atoms with Gasteiger partial charge in [0.1, 0.15) is 5.82 Å². The molecule has 0 unspecified atom stereocenters. The number of aromatic nitrogens is 4. The number of rotatable bonds is 8. The van der Waals surface area contributed by atoms with Crippen LogP contribution in [-0.4, -0.2) is 33.6 Å². The SMILES string of the molecule is CNc1cc(-c2cccnc2)c(F)cc1N(C=O)Cc1ccc(-c2nnc(C(F)F)o2)cn1. The van der Waals surface area contributed by atoms with Gasteiger partial charge in [-0.25, -0.2) is 4.39 Å². The van der Waals surface area contributed by atoms with Crippen molar-refractivity contribution in [3.63, 3.8) is 0 Å². The molecule has 4 aromatic rings. The van der Waals surface area contributed by atoms with Crippen molar-refractivity contribution in [2.24, 2.45) is 0 Å². The summed E-state index contributed by atoms with van der Waals surface area (Å²) in [4.78, 5) is 21.4. The zero-order valence-corrected chi connectivity index (χ0v) is 17.2. The van der Waals surface area contributed by atoms with Gasteiger partial charge in [0.05, 0.1) is 29.2 Å². The molecule has 0 aliphatic rings. The molecule has 11 heteroatoms. The highest BCUT2D eigenvalue weighted by atomic mass is 19.3. The summed E-state index contributed by atoms with van der Waals surface area (Å²) in [5, 5.41) is 9.83. The Morgan fingerprint density at radius 3 is 2.61 bits per heavy atom. The highest BCUT2D eigenvalue weighted by Gasteiger charge is 2.19. The zero-order valence-electron chi connectivity index (χ0n) is 17.2. The van der Waals surface area contributed by atoms with Crippen LogP contribution in [0.15, 0.2) is 59.4 Å². The summed E-state index contributed by atoms with van der Waals surface area (Å²) in [5.74, 6) is -1.39. The molecule has 1 N–H and O–H groups in total. The van der Waals surface area contributed by atoms with Crippen LogP contribution >= 0.6 is 0 Å². The first-order chi connectivity index (χ1) is 16.0. The van der Waals surface area contributed by atoms with E-state index in [9.17, 15) is 18.0 Å². The Labute approximate surface area is 186 Å². The molecule has 1 amide bonds. The van der Waals surface area contributed by atoms with Gasteiger partial charge in [-0.05, 0) is 24.3 Å². The lowest BCUT2D eigenvalue weighted by Gasteiger charge is -2.21. The standard InChI is InChI=1S/C22H17F3N6O2/c1-26-18-7-16(13-3-2-6-27-9-13)17(23)8-19(18)31(12-32)11-15-5-4-14(10-28-15)21-29-30-22(33-21)20(24)25/h2-10,12,20,26H,11H2,1H3. The van der Waals surface area contributed by atoms with E-state index in [1.165, 1.54) is 17.2 Å². The molecule has 0 spiro atoms. The summed E-state index contributed by atoms with van der Waals surface area (Å²) < 4.78 is 45.1. The van der Waals surface area contributed by atoms with Crippen molar-refractivity contribution in [1.82, 2.24) is 20.2 Å². The first kappa shape index (κ1) is 21.9. The first-order valence-corrected chi connectivity index (χ1v) is 9.70. The van der Waals surface area contributed by atoms with Crippen LogP contribution < -0.4 is 10.2 Å². The second-order valence-electron chi connectivity index (χ2n) is 6.86. The molecule has 0 aliphatic heterocycles. The number of hydrogen-bond acceptors (Lipinski definition) is 7. The maximum Gasteiger partial charge on any atom is 0.314 e. The van der Waals surface area contributed by atoms with Crippen LogP contribution in [0.25, 0.3) is 22.6 Å². The molecule has 33 heavy (non-hydrogen) atoms. The van der Waals surface area contributed by atoms with Gasteiger partial charge in [0.2, 0.25) is 12.3 Å². The normalized spacial score (nSPS) is 10.9. The summed E-state index contributed by atoms with van der Waals surface area (Å²) in [5.41, 5.74) is 2.61. The summed E-state index contributed by atoms with van der Waals surface area (Å²) in [6, 6.07) is 9.45. The van der Waals surface area contributed by atoms with E-state index in [0.717, 1.165) is 0 Å². The average molecular weight is 454 g/mol. The minimum Gasteiger partial charge on any atom is -0.415 e. The largest absolute Gasteiger partial charge is 0.415 e. The number of halogens is 3. The fourth-order valence-electron chi connectivity index (χ4n) is 3.18. The molecule has 1 aromatic carbocycles. The maximum absolute atomic E-state index is 14.9. The van der Waals surface area contributed by atoms with E-state index in [-0.39, 0.29) is 12.4 Å². The van der Waals surface area contributed by atoms with Gasteiger partial charge in [0.25, 0.3) is 5.89 Å². The van der Waals surface area contributed by atoms with Crippen molar-refractivity contribution in [3.8, 4) is 22.6 Å². The Hall–Kier alpha value is -4.28. The van der Waals surface area contributed by atoms with Gasteiger partial charge < -0.3 is 14.6 Å². The molecule has 168 valence electrons. The minimum absolute atomic E-state index is 0.0380. The van der Waals surface area contributed by atoms with Crippen molar-refractivity contribution >= 4 is 17.8 Å². The van der Waals surface area contributed by atoms with Crippen LogP contribution in [-0.2, 0) is 11.3 Å². The van der Waals surface area contributed by atoms with Crippen molar-refractivity contribution in [1.29, 1.82) is 0 Å².